The lowest BCUT2D eigenvalue weighted by Crippen LogP contribution is -2.43. The van der Waals surface area contributed by atoms with E-state index in [1.165, 1.54) is 11.8 Å². The van der Waals surface area contributed by atoms with Crippen LogP contribution in [0.3, 0.4) is 0 Å². The first-order valence-electron chi connectivity index (χ1n) is 15.7. The Morgan fingerprint density at radius 1 is 0.787 bits per heavy atom. The van der Waals surface area contributed by atoms with Crippen molar-refractivity contribution in [2.75, 3.05) is 26.9 Å². The summed E-state index contributed by atoms with van der Waals surface area (Å²) in [4.78, 5) is 46.7. The molecule has 0 unspecified atom stereocenters. The van der Waals surface area contributed by atoms with E-state index in [9.17, 15) is 19.5 Å². The van der Waals surface area contributed by atoms with Crippen LogP contribution in [0.25, 0.3) is 21.8 Å². The highest BCUT2D eigenvalue weighted by atomic mass is 32.2. The van der Waals surface area contributed by atoms with Crippen molar-refractivity contribution in [3.8, 4) is 11.5 Å². The van der Waals surface area contributed by atoms with Gasteiger partial charge in [-0.1, -0.05) is 0 Å². The van der Waals surface area contributed by atoms with E-state index < -0.39 is 9.49 Å². The Bertz CT molecular complexity index is 1760. The molecule has 12 heteroatoms. The predicted octanol–water partition coefficient (Wildman–Crippen LogP) is 6.46. The molecule has 1 amide bonds. The van der Waals surface area contributed by atoms with Crippen LogP contribution < -0.4 is 10.1 Å². The summed E-state index contributed by atoms with van der Waals surface area (Å²) < 4.78 is 15.1. The van der Waals surface area contributed by atoms with Crippen LogP contribution in [0.4, 0.5) is 0 Å². The summed E-state index contributed by atoms with van der Waals surface area (Å²) in [5, 5.41) is 14.0. The number of hydrogen-bond donors (Lipinski definition) is 2. The number of phenolic OH excluding ortho intramolecular Hbond substituents is 1. The topological polar surface area (TPSA) is 137 Å². The van der Waals surface area contributed by atoms with Crippen molar-refractivity contribution < 1.29 is 33.7 Å². The normalized spacial score (nSPS) is 15.7. The van der Waals surface area contributed by atoms with Crippen molar-refractivity contribution >= 4 is 63.2 Å². The van der Waals surface area contributed by atoms with Crippen LogP contribution in [-0.4, -0.2) is 69.3 Å². The molecule has 0 atom stereocenters. The van der Waals surface area contributed by atoms with Crippen LogP contribution in [0.5, 0.6) is 11.5 Å². The molecule has 6 rings (SSSR count). The summed E-state index contributed by atoms with van der Waals surface area (Å²) in [6.45, 7) is 4.40. The average Bonchev–Trinajstić information content (AvgIpc) is 3.03. The third-order valence-corrected chi connectivity index (χ3v) is 11.3. The fourth-order valence-corrected chi connectivity index (χ4v) is 8.25. The number of thioether (sulfide) groups is 2. The molecular weight excluding hydrogens is 639 g/mol. The molecule has 2 aliphatic rings. The summed E-state index contributed by atoms with van der Waals surface area (Å²) in [7, 11) is 1.57. The number of pyridine rings is 2. The second-order valence-corrected chi connectivity index (χ2v) is 14.2. The molecule has 0 spiro atoms. The zero-order valence-electron chi connectivity index (χ0n) is 26.7. The standard InChI is InChI=1S/C19H22N2O4S.C16H17NO3S/c1-3-24-18(23)19(8-4-9-19)26-16-7-10-21-15-6-5-13(11-14(15)16)25-12-17(22)20-2;1-2-20-15(19)16(7-3-8-16)21-14-6-9-17-13-5-4-11(18)10-12(13)14/h5-7,10-11H,3-4,8-9,12H2,1-2H3,(H,20,22);4-6,9-10,18H,2-3,7-8H2,1H3. The highest BCUT2D eigenvalue weighted by molar-refractivity contribution is 8.02. The number of rotatable bonds is 11. The lowest BCUT2D eigenvalue weighted by Gasteiger charge is -2.38. The fourth-order valence-electron chi connectivity index (χ4n) is 5.34. The molecular formula is C35H39N3O7S2. The first-order valence-corrected chi connectivity index (χ1v) is 17.4. The number of fused-ring (bicyclic) bond motifs is 2. The maximum atomic E-state index is 12.4. The van der Waals surface area contributed by atoms with Crippen molar-refractivity contribution in [1.82, 2.24) is 15.3 Å². The molecule has 0 aliphatic heterocycles. The lowest BCUT2D eigenvalue weighted by molar-refractivity contribution is -0.149. The number of phenols is 1. The number of hydrogen-bond acceptors (Lipinski definition) is 11. The Morgan fingerprint density at radius 3 is 1.77 bits per heavy atom. The minimum absolute atomic E-state index is 0.0441. The Morgan fingerprint density at radius 2 is 1.30 bits per heavy atom. The van der Waals surface area contributed by atoms with Gasteiger partial charge < -0.3 is 24.6 Å². The van der Waals surface area contributed by atoms with E-state index in [0.717, 1.165) is 70.1 Å². The number of nitrogens with one attached hydrogen (secondary N) is 1. The molecule has 2 fully saturated rings. The van der Waals surface area contributed by atoms with Gasteiger partial charge in [0.2, 0.25) is 0 Å². The summed E-state index contributed by atoms with van der Waals surface area (Å²) in [6, 6.07) is 14.4. The van der Waals surface area contributed by atoms with E-state index in [2.05, 4.69) is 15.3 Å². The zero-order chi connectivity index (χ0) is 33.4. The van der Waals surface area contributed by atoms with E-state index in [0.29, 0.717) is 19.0 Å². The van der Waals surface area contributed by atoms with Crippen LogP contribution in [0.2, 0.25) is 0 Å². The number of aromatic hydroxyl groups is 1. The number of likely N-dealkylation sites (N-methyl/N-ethyl adjacent to an activating group) is 1. The highest BCUT2D eigenvalue weighted by Gasteiger charge is 2.47. The molecule has 0 saturated heterocycles. The van der Waals surface area contributed by atoms with E-state index in [1.807, 2.05) is 38.1 Å². The minimum atomic E-state index is -0.511. The molecule has 0 radical (unpaired) electrons. The Hall–Kier alpha value is -4.03. The van der Waals surface area contributed by atoms with Crippen molar-refractivity contribution in [3.63, 3.8) is 0 Å². The van der Waals surface area contributed by atoms with Crippen molar-refractivity contribution in [2.24, 2.45) is 0 Å². The van der Waals surface area contributed by atoms with Crippen LogP contribution in [0.15, 0.2) is 70.7 Å². The maximum absolute atomic E-state index is 12.4. The lowest BCUT2D eigenvalue weighted by atomic mass is 9.84. The van der Waals surface area contributed by atoms with Gasteiger partial charge in [-0.3, -0.25) is 24.4 Å². The number of carbonyl (C=O) groups is 3. The number of esters is 2. The smallest absolute Gasteiger partial charge is 0.322 e. The van der Waals surface area contributed by atoms with Gasteiger partial charge in [0.25, 0.3) is 5.91 Å². The summed E-state index contributed by atoms with van der Waals surface area (Å²) >= 11 is 3.08. The average molecular weight is 678 g/mol. The van der Waals surface area contributed by atoms with Crippen molar-refractivity contribution in [1.29, 1.82) is 0 Å². The second-order valence-electron chi connectivity index (χ2n) is 11.3. The first kappa shape index (κ1) is 34.3. The van der Waals surface area contributed by atoms with Gasteiger partial charge in [0.1, 0.15) is 21.0 Å². The molecule has 2 N–H and O–H groups in total. The predicted molar refractivity (Wildman–Crippen MR) is 183 cm³/mol. The zero-order valence-corrected chi connectivity index (χ0v) is 28.4. The molecule has 2 aromatic carbocycles. The molecule has 2 aliphatic carbocycles. The maximum Gasteiger partial charge on any atom is 0.322 e. The van der Waals surface area contributed by atoms with Crippen molar-refractivity contribution in [3.05, 3.63) is 60.9 Å². The van der Waals surface area contributed by atoms with Gasteiger partial charge in [-0.05, 0) is 101 Å². The molecule has 10 nitrogen and oxygen atoms in total. The van der Waals surface area contributed by atoms with Crippen LogP contribution in [-0.2, 0) is 23.9 Å². The summed E-state index contributed by atoms with van der Waals surface area (Å²) in [5.74, 6) is 0.326. The summed E-state index contributed by atoms with van der Waals surface area (Å²) in [6.07, 6.45) is 8.83. The van der Waals surface area contributed by atoms with Gasteiger partial charge in [-0.15, -0.1) is 23.5 Å². The fraction of sp³-hybridized carbons (Fsp3) is 0.400. The van der Waals surface area contributed by atoms with Gasteiger partial charge in [0, 0.05) is 40.0 Å². The van der Waals surface area contributed by atoms with Gasteiger partial charge in [-0.2, -0.15) is 0 Å². The number of benzene rings is 2. The van der Waals surface area contributed by atoms with Gasteiger partial charge >= 0.3 is 11.9 Å². The van der Waals surface area contributed by atoms with Crippen LogP contribution in [0, 0.1) is 0 Å². The monoisotopic (exact) mass is 677 g/mol. The quantitative estimate of drug-likeness (QED) is 0.169. The third kappa shape index (κ3) is 7.76. The van der Waals surface area contributed by atoms with E-state index in [-0.39, 0.29) is 30.2 Å². The molecule has 0 bridgehead atoms. The van der Waals surface area contributed by atoms with Gasteiger partial charge in [0.05, 0.1) is 24.2 Å². The van der Waals surface area contributed by atoms with E-state index in [4.69, 9.17) is 14.2 Å². The van der Waals surface area contributed by atoms with E-state index in [1.54, 1.807) is 55.5 Å². The Labute approximate surface area is 282 Å². The highest BCUT2D eigenvalue weighted by Crippen LogP contribution is 2.51. The Kier molecular flexibility index (Phi) is 11.1. The minimum Gasteiger partial charge on any atom is -0.508 e. The summed E-state index contributed by atoms with van der Waals surface area (Å²) in [5.41, 5.74) is 1.64. The molecule has 4 aromatic rings. The molecule has 2 saturated carbocycles. The molecule has 2 heterocycles. The number of carbonyl (C=O) groups excluding carboxylic acids is 3. The second kappa shape index (κ2) is 15.2. The molecule has 2 aromatic heterocycles. The number of amides is 1. The van der Waals surface area contributed by atoms with Gasteiger partial charge in [-0.25, -0.2) is 0 Å². The number of nitrogens with zero attached hydrogens (tertiary/aromatic N) is 2. The Balaban J connectivity index is 0.000000189. The number of aromatic nitrogens is 2. The molecule has 47 heavy (non-hydrogen) atoms. The first-order chi connectivity index (χ1) is 22.7. The van der Waals surface area contributed by atoms with E-state index >= 15 is 0 Å². The van der Waals surface area contributed by atoms with Crippen molar-refractivity contribution in [2.45, 2.75) is 71.7 Å². The van der Waals surface area contributed by atoms with Gasteiger partial charge in [0.15, 0.2) is 6.61 Å². The van der Waals surface area contributed by atoms with Crippen LogP contribution in [0.1, 0.15) is 52.4 Å². The van der Waals surface area contributed by atoms with Crippen LogP contribution >= 0.6 is 23.5 Å². The number of ether oxygens (including phenoxy) is 3. The largest absolute Gasteiger partial charge is 0.508 e. The SMILES string of the molecule is CCOC(=O)C1(Sc2ccnc3ccc(O)cc23)CCC1.CCOC(=O)C1(Sc2ccnc3ccc(OCC(=O)NC)cc23)CCC1. The third-order valence-electron chi connectivity index (χ3n) is 8.23. The molecule has 248 valence electrons.